The van der Waals surface area contributed by atoms with E-state index in [0.717, 1.165) is 26.2 Å². The van der Waals surface area contributed by atoms with Gasteiger partial charge in [0, 0.05) is 32.2 Å². The summed E-state index contributed by atoms with van der Waals surface area (Å²) in [6.45, 7) is 4.88. The van der Waals surface area contributed by atoms with E-state index in [1.54, 1.807) is 19.1 Å². The molecule has 1 aromatic rings. The topological polar surface area (TPSA) is 75.5 Å². The molecule has 0 radical (unpaired) electrons. The molecule has 2 saturated heterocycles. The number of benzene rings is 1. The number of nitro groups is 1. The summed E-state index contributed by atoms with van der Waals surface area (Å²) in [5.74, 6) is 2.32. The summed E-state index contributed by atoms with van der Waals surface area (Å²) in [7, 11) is -2.94. The summed E-state index contributed by atoms with van der Waals surface area (Å²) in [4.78, 5) is 10.4. The van der Waals surface area contributed by atoms with Gasteiger partial charge < -0.3 is 0 Å². The van der Waals surface area contributed by atoms with Gasteiger partial charge in [-0.25, -0.2) is 9.34 Å². The van der Waals surface area contributed by atoms with Crippen LogP contribution in [0, 0.1) is 22.5 Å². The zero-order chi connectivity index (χ0) is 15.9. The molecule has 0 spiro atoms. The Morgan fingerprint density at radius 1 is 1.36 bits per heavy atom. The van der Waals surface area contributed by atoms with Crippen molar-refractivity contribution < 1.29 is 14.0 Å². The van der Waals surface area contributed by atoms with E-state index in [4.69, 9.17) is 10.9 Å². The summed E-state index contributed by atoms with van der Waals surface area (Å²) in [6.07, 6.45) is 4.88. The minimum atomic E-state index is -2.94. The van der Waals surface area contributed by atoms with E-state index in [0.29, 0.717) is 5.56 Å². The van der Waals surface area contributed by atoms with Crippen molar-refractivity contribution in [3.05, 3.63) is 39.4 Å². The van der Waals surface area contributed by atoms with Crippen molar-refractivity contribution in [3.8, 4) is 12.3 Å². The first-order chi connectivity index (χ1) is 10.5. The van der Waals surface area contributed by atoms with Gasteiger partial charge in [0.05, 0.1) is 11.0 Å². The van der Waals surface area contributed by atoms with Gasteiger partial charge in [0.25, 0.3) is 5.69 Å². The zero-order valence-corrected chi connectivity index (χ0v) is 13.0. The molecular formula is C14H16N3O4P. The van der Waals surface area contributed by atoms with Crippen LogP contribution >= 0.6 is 7.67 Å². The molecule has 0 amide bonds. The summed E-state index contributed by atoms with van der Waals surface area (Å²) in [5, 5.41) is 10.9. The Hall–Kier alpha value is -1.71. The number of rotatable bonds is 6. The summed E-state index contributed by atoms with van der Waals surface area (Å²) >= 11 is 0. The molecule has 3 rings (SSSR count). The average Bonchev–Trinajstić information content (AvgIpc) is 3.37. The number of nitrogens with zero attached hydrogens (tertiary/aromatic N) is 3. The Labute approximate surface area is 128 Å². The monoisotopic (exact) mass is 321 g/mol. The standard InChI is InChI=1S/C14H16N3O4P/c1-3-12-10-13(4-5-14(12)17(18)19)11(2)21-22(20,15-6-7-15)16-8-9-16/h1,4-5,10-11H,6-9H2,2H3. The SMILES string of the molecule is C#Cc1cc(C(C)OP(=O)(N2CC2)N2CC2)ccc1[N+](=O)[O-]. The maximum Gasteiger partial charge on any atom is 0.346 e. The second-order valence-corrected chi connectivity index (χ2v) is 7.65. The molecule has 7 nitrogen and oxygen atoms in total. The van der Waals surface area contributed by atoms with Crippen molar-refractivity contribution in [2.45, 2.75) is 13.0 Å². The first-order valence-corrected chi connectivity index (χ1v) is 8.53. The van der Waals surface area contributed by atoms with Gasteiger partial charge in [0.15, 0.2) is 0 Å². The van der Waals surface area contributed by atoms with Crippen LogP contribution in [0.15, 0.2) is 18.2 Å². The minimum absolute atomic E-state index is 0.112. The molecule has 2 fully saturated rings. The Bertz CT molecular complexity index is 691. The molecule has 0 N–H and O–H groups in total. The van der Waals surface area contributed by atoms with Gasteiger partial charge in [-0.2, -0.15) is 0 Å². The molecule has 2 aliphatic rings. The van der Waals surface area contributed by atoms with Crippen molar-refractivity contribution in [2.24, 2.45) is 0 Å². The summed E-state index contributed by atoms with van der Waals surface area (Å²) in [6, 6.07) is 4.51. The van der Waals surface area contributed by atoms with Gasteiger partial charge in [0.2, 0.25) is 0 Å². The fraction of sp³-hybridized carbons (Fsp3) is 0.429. The van der Waals surface area contributed by atoms with Crippen LogP contribution in [-0.4, -0.2) is 40.4 Å². The second-order valence-electron chi connectivity index (χ2n) is 5.32. The second kappa shape index (κ2) is 5.49. The Kier molecular flexibility index (Phi) is 3.79. The van der Waals surface area contributed by atoms with Crippen LogP contribution in [-0.2, 0) is 9.09 Å². The molecule has 2 heterocycles. The van der Waals surface area contributed by atoms with E-state index in [1.807, 2.05) is 9.34 Å². The highest BCUT2D eigenvalue weighted by molar-refractivity contribution is 7.54. The van der Waals surface area contributed by atoms with Crippen LogP contribution in [0.25, 0.3) is 0 Å². The van der Waals surface area contributed by atoms with E-state index in [2.05, 4.69) is 5.92 Å². The molecule has 0 bridgehead atoms. The van der Waals surface area contributed by atoms with Crippen LogP contribution in [0.2, 0.25) is 0 Å². The van der Waals surface area contributed by atoms with E-state index in [1.165, 1.54) is 6.07 Å². The quantitative estimate of drug-likeness (QED) is 0.263. The third-order valence-electron chi connectivity index (χ3n) is 3.70. The van der Waals surface area contributed by atoms with Gasteiger partial charge in [-0.15, -0.1) is 6.42 Å². The first kappa shape index (κ1) is 15.2. The van der Waals surface area contributed by atoms with E-state index in [-0.39, 0.29) is 11.3 Å². The Morgan fingerprint density at radius 2 is 1.95 bits per heavy atom. The van der Waals surface area contributed by atoms with Crippen molar-refractivity contribution in [1.82, 2.24) is 9.34 Å². The van der Waals surface area contributed by atoms with Crippen LogP contribution < -0.4 is 0 Å². The molecule has 8 heteroatoms. The van der Waals surface area contributed by atoms with Crippen molar-refractivity contribution in [2.75, 3.05) is 26.2 Å². The molecule has 0 aliphatic carbocycles. The maximum absolute atomic E-state index is 12.9. The molecule has 2 aliphatic heterocycles. The lowest BCUT2D eigenvalue weighted by Gasteiger charge is -2.24. The first-order valence-electron chi connectivity index (χ1n) is 7.00. The third kappa shape index (κ3) is 2.79. The van der Waals surface area contributed by atoms with Crippen LogP contribution in [0.1, 0.15) is 24.2 Å². The van der Waals surface area contributed by atoms with Gasteiger partial charge in [0.1, 0.15) is 5.56 Å². The molecule has 0 aromatic heterocycles. The Balaban J connectivity index is 1.83. The summed E-state index contributed by atoms with van der Waals surface area (Å²) < 4.78 is 22.4. The van der Waals surface area contributed by atoms with Gasteiger partial charge in [-0.3, -0.25) is 19.2 Å². The van der Waals surface area contributed by atoms with Gasteiger partial charge in [-0.05, 0) is 24.6 Å². The highest BCUT2D eigenvalue weighted by Crippen LogP contribution is 2.63. The highest BCUT2D eigenvalue weighted by Gasteiger charge is 2.50. The fourth-order valence-corrected chi connectivity index (χ4v) is 4.60. The van der Waals surface area contributed by atoms with Gasteiger partial charge in [-0.1, -0.05) is 5.92 Å². The smallest absolute Gasteiger partial charge is 0.298 e. The van der Waals surface area contributed by atoms with Crippen molar-refractivity contribution in [3.63, 3.8) is 0 Å². The molecule has 0 saturated carbocycles. The lowest BCUT2D eigenvalue weighted by Crippen LogP contribution is -2.10. The van der Waals surface area contributed by atoms with Crippen LogP contribution in [0.5, 0.6) is 0 Å². The lowest BCUT2D eigenvalue weighted by atomic mass is 10.1. The molecule has 1 atom stereocenters. The van der Waals surface area contributed by atoms with Crippen LogP contribution in [0.3, 0.4) is 0 Å². The van der Waals surface area contributed by atoms with E-state index >= 15 is 0 Å². The van der Waals surface area contributed by atoms with E-state index < -0.39 is 18.7 Å². The summed E-state index contributed by atoms with van der Waals surface area (Å²) in [5.41, 5.74) is 0.771. The molecule has 1 unspecified atom stereocenters. The lowest BCUT2D eigenvalue weighted by molar-refractivity contribution is -0.385. The van der Waals surface area contributed by atoms with Gasteiger partial charge >= 0.3 is 7.67 Å². The van der Waals surface area contributed by atoms with E-state index in [9.17, 15) is 14.7 Å². The Morgan fingerprint density at radius 3 is 2.41 bits per heavy atom. The number of hydrogen-bond acceptors (Lipinski definition) is 4. The number of nitro benzene ring substituents is 1. The number of hydrogen-bond donors (Lipinski definition) is 0. The number of terminal acetylenes is 1. The minimum Gasteiger partial charge on any atom is -0.298 e. The predicted octanol–water partition coefficient (Wildman–Crippen LogP) is 2.39. The molecular weight excluding hydrogens is 305 g/mol. The maximum atomic E-state index is 12.9. The normalized spacial score (nSPS) is 19.5. The molecule has 22 heavy (non-hydrogen) atoms. The highest BCUT2D eigenvalue weighted by atomic mass is 31.2. The fourth-order valence-electron chi connectivity index (χ4n) is 2.26. The molecule has 1 aromatic carbocycles. The van der Waals surface area contributed by atoms with Crippen LogP contribution in [0.4, 0.5) is 5.69 Å². The largest absolute Gasteiger partial charge is 0.346 e. The molecule has 116 valence electrons. The third-order valence-corrected chi connectivity index (χ3v) is 6.52. The van der Waals surface area contributed by atoms with Crippen molar-refractivity contribution in [1.29, 1.82) is 0 Å². The zero-order valence-electron chi connectivity index (χ0n) is 12.1. The predicted molar refractivity (Wildman–Crippen MR) is 81.3 cm³/mol. The van der Waals surface area contributed by atoms with Crippen molar-refractivity contribution >= 4 is 13.4 Å². The average molecular weight is 321 g/mol.